The van der Waals surface area contributed by atoms with Gasteiger partial charge in [0.2, 0.25) is 21.8 Å². The number of sulfonamides is 1. The minimum absolute atomic E-state index is 0.0487. The van der Waals surface area contributed by atoms with E-state index in [-0.39, 0.29) is 18.1 Å². The molecule has 0 heterocycles. The van der Waals surface area contributed by atoms with Crippen molar-refractivity contribution in [3.8, 4) is 0 Å². The van der Waals surface area contributed by atoms with Gasteiger partial charge in [-0.3, -0.25) is 13.9 Å². The van der Waals surface area contributed by atoms with Crippen molar-refractivity contribution in [3.63, 3.8) is 0 Å². The Morgan fingerprint density at radius 3 is 2.35 bits per heavy atom. The monoisotopic (exact) mass is 527 g/mol. The van der Waals surface area contributed by atoms with E-state index >= 15 is 0 Å². The molecule has 1 atom stereocenters. The molecule has 0 aromatic heterocycles. The second-order valence-electron chi connectivity index (χ2n) is 8.14. The molecule has 0 saturated carbocycles. The van der Waals surface area contributed by atoms with Gasteiger partial charge >= 0.3 is 0 Å². The Kier molecular flexibility index (Phi) is 10.2. The van der Waals surface area contributed by atoms with Gasteiger partial charge in [-0.05, 0) is 49.6 Å². The zero-order chi connectivity index (χ0) is 25.5. The number of aryl methyl sites for hydroxylation is 1. The number of rotatable bonds is 11. The van der Waals surface area contributed by atoms with E-state index in [4.69, 9.17) is 23.2 Å². The summed E-state index contributed by atoms with van der Waals surface area (Å²) >= 11 is 12.5. The highest BCUT2D eigenvalue weighted by Crippen LogP contribution is 2.26. The average Bonchev–Trinajstić information content (AvgIpc) is 2.77. The molecule has 0 bridgehead atoms. The van der Waals surface area contributed by atoms with Crippen molar-refractivity contribution in [1.29, 1.82) is 0 Å². The summed E-state index contributed by atoms with van der Waals surface area (Å²) in [4.78, 5) is 27.6. The number of hydrogen-bond donors (Lipinski definition) is 1. The van der Waals surface area contributed by atoms with Gasteiger partial charge in [-0.2, -0.15) is 0 Å². The molecule has 1 N–H and O–H groups in total. The van der Waals surface area contributed by atoms with Gasteiger partial charge in [0.25, 0.3) is 0 Å². The van der Waals surface area contributed by atoms with Gasteiger partial charge in [-0.25, -0.2) is 8.42 Å². The van der Waals surface area contributed by atoms with E-state index in [2.05, 4.69) is 5.32 Å². The number of halogens is 2. The SMILES string of the molecule is CCCCNC(=O)[C@@H](C)N(Cc1ccccc1Cl)C(=O)CN(c1ccc(C)c(Cl)c1)S(C)(=O)=O. The molecule has 0 spiro atoms. The molecule has 0 aliphatic rings. The van der Waals surface area contributed by atoms with E-state index in [0.717, 1.165) is 29.0 Å². The quantitative estimate of drug-likeness (QED) is 0.438. The normalized spacial score (nSPS) is 12.2. The fourth-order valence-electron chi connectivity index (χ4n) is 3.28. The summed E-state index contributed by atoms with van der Waals surface area (Å²) in [5.41, 5.74) is 1.70. The third-order valence-corrected chi connectivity index (χ3v) is 7.33. The zero-order valence-electron chi connectivity index (χ0n) is 19.8. The Morgan fingerprint density at radius 2 is 1.76 bits per heavy atom. The van der Waals surface area contributed by atoms with Crippen molar-refractivity contribution in [2.24, 2.45) is 0 Å². The molecule has 2 aromatic rings. The summed E-state index contributed by atoms with van der Waals surface area (Å²) in [5, 5.41) is 3.67. The Balaban J connectivity index is 2.38. The summed E-state index contributed by atoms with van der Waals surface area (Å²) in [6.07, 6.45) is 2.75. The Bertz CT molecular complexity index is 1120. The van der Waals surface area contributed by atoms with Crippen molar-refractivity contribution in [2.75, 3.05) is 23.7 Å². The van der Waals surface area contributed by atoms with Gasteiger partial charge in [0.1, 0.15) is 12.6 Å². The van der Waals surface area contributed by atoms with E-state index in [1.54, 1.807) is 50.2 Å². The van der Waals surface area contributed by atoms with Crippen LogP contribution in [0.5, 0.6) is 0 Å². The highest BCUT2D eigenvalue weighted by Gasteiger charge is 2.30. The predicted octanol–water partition coefficient (Wildman–Crippen LogP) is 4.40. The molecule has 0 fully saturated rings. The molecule has 0 unspecified atom stereocenters. The van der Waals surface area contributed by atoms with E-state index in [1.165, 1.54) is 11.0 Å². The van der Waals surface area contributed by atoms with E-state index in [1.807, 2.05) is 6.92 Å². The molecule has 7 nitrogen and oxygen atoms in total. The standard InChI is InChI=1S/C24H31Cl2N3O4S/c1-5-6-13-27-24(31)18(3)28(15-19-9-7-8-10-21(19)25)23(30)16-29(34(4,32)33)20-12-11-17(2)22(26)14-20/h7-12,14,18H,5-6,13,15-16H2,1-4H3,(H,27,31)/t18-/m1/s1. The second kappa shape index (κ2) is 12.4. The van der Waals surface area contributed by atoms with Crippen LogP contribution in [-0.2, 0) is 26.2 Å². The maximum atomic E-state index is 13.5. The highest BCUT2D eigenvalue weighted by atomic mass is 35.5. The lowest BCUT2D eigenvalue weighted by atomic mass is 10.1. The summed E-state index contributed by atoms with van der Waals surface area (Å²) < 4.78 is 26.2. The fraction of sp³-hybridized carbons (Fsp3) is 0.417. The van der Waals surface area contributed by atoms with E-state index in [0.29, 0.717) is 22.2 Å². The molecule has 2 amide bonds. The van der Waals surface area contributed by atoms with Crippen LogP contribution in [0.15, 0.2) is 42.5 Å². The molecule has 0 aliphatic carbocycles. The maximum Gasteiger partial charge on any atom is 0.244 e. The number of anilines is 1. The number of hydrogen-bond acceptors (Lipinski definition) is 4. The molecular weight excluding hydrogens is 497 g/mol. The zero-order valence-corrected chi connectivity index (χ0v) is 22.2. The van der Waals surface area contributed by atoms with Crippen LogP contribution in [-0.4, -0.2) is 50.5 Å². The Morgan fingerprint density at radius 1 is 1.09 bits per heavy atom. The fourth-order valence-corrected chi connectivity index (χ4v) is 4.49. The first-order valence-electron chi connectivity index (χ1n) is 11.0. The highest BCUT2D eigenvalue weighted by molar-refractivity contribution is 7.92. The van der Waals surface area contributed by atoms with Gasteiger partial charge in [-0.1, -0.05) is 60.8 Å². The third-order valence-electron chi connectivity index (χ3n) is 5.42. The van der Waals surface area contributed by atoms with Gasteiger partial charge in [0.05, 0.1) is 11.9 Å². The summed E-state index contributed by atoms with van der Waals surface area (Å²) in [7, 11) is -3.82. The first kappa shape index (κ1) is 28.0. The summed E-state index contributed by atoms with van der Waals surface area (Å²) in [6.45, 7) is 5.48. The van der Waals surface area contributed by atoms with Gasteiger partial charge in [0, 0.05) is 23.1 Å². The van der Waals surface area contributed by atoms with Crippen molar-refractivity contribution >= 4 is 50.7 Å². The molecule has 0 radical (unpaired) electrons. The molecule has 2 aromatic carbocycles. The number of unbranched alkanes of at least 4 members (excludes halogenated alkanes) is 1. The number of nitrogens with zero attached hydrogens (tertiary/aromatic N) is 2. The lowest BCUT2D eigenvalue weighted by Gasteiger charge is -2.31. The van der Waals surface area contributed by atoms with Crippen LogP contribution >= 0.6 is 23.2 Å². The average molecular weight is 529 g/mol. The number of nitrogens with one attached hydrogen (secondary N) is 1. The van der Waals surface area contributed by atoms with Crippen LogP contribution in [0, 0.1) is 6.92 Å². The van der Waals surface area contributed by atoms with Crippen molar-refractivity contribution in [2.45, 2.75) is 46.2 Å². The molecule has 10 heteroatoms. The molecule has 186 valence electrons. The van der Waals surface area contributed by atoms with Crippen LogP contribution < -0.4 is 9.62 Å². The summed E-state index contributed by atoms with van der Waals surface area (Å²) in [6, 6.07) is 11.0. The molecular formula is C24H31Cl2N3O4S. The van der Waals surface area contributed by atoms with Crippen LogP contribution in [0.2, 0.25) is 10.0 Å². The lowest BCUT2D eigenvalue weighted by Crippen LogP contribution is -2.51. The third kappa shape index (κ3) is 7.61. The second-order valence-corrected chi connectivity index (χ2v) is 10.9. The number of benzene rings is 2. The topological polar surface area (TPSA) is 86.8 Å². The Labute approximate surface area is 212 Å². The first-order valence-corrected chi connectivity index (χ1v) is 13.6. The van der Waals surface area contributed by atoms with Crippen LogP contribution in [0.1, 0.15) is 37.8 Å². The number of amides is 2. The largest absolute Gasteiger partial charge is 0.354 e. The van der Waals surface area contributed by atoms with Gasteiger partial charge in [0.15, 0.2) is 0 Å². The van der Waals surface area contributed by atoms with Crippen molar-refractivity contribution < 1.29 is 18.0 Å². The lowest BCUT2D eigenvalue weighted by molar-refractivity contribution is -0.139. The molecule has 2 rings (SSSR count). The van der Waals surface area contributed by atoms with Crippen LogP contribution in [0.4, 0.5) is 5.69 Å². The number of carbonyl (C=O) groups is 2. The van der Waals surface area contributed by atoms with Crippen molar-refractivity contribution in [3.05, 3.63) is 63.6 Å². The summed E-state index contributed by atoms with van der Waals surface area (Å²) in [5.74, 6) is -0.863. The maximum absolute atomic E-state index is 13.5. The smallest absolute Gasteiger partial charge is 0.244 e. The van der Waals surface area contributed by atoms with Crippen molar-refractivity contribution in [1.82, 2.24) is 10.2 Å². The van der Waals surface area contributed by atoms with Gasteiger partial charge in [-0.15, -0.1) is 0 Å². The predicted molar refractivity (Wildman–Crippen MR) is 138 cm³/mol. The molecule has 0 aliphatic heterocycles. The van der Waals surface area contributed by atoms with Gasteiger partial charge < -0.3 is 10.2 Å². The molecule has 0 saturated heterocycles. The molecule has 34 heavy (non-hydrogen) atoms. The minimum Gasteiger partial charge on any atom is -0.354 e. The Hall–Kier alpha value is -2.29. The van der Waals surface area contributed by atoms with E-state index in [9.17, 15) is 18.0 Å². The first-order chi connectivity index (χ1) is 16.0. The minimum atomic E-state index is -3.82. The van der Waals surface area contributed by atoms with Crippen LogP contribution in [0.25, 0.3) is 0 Å². The van der Waals surface area contributed by atoms with Crippen LogP contribution in [0.3, 0.4) is 0 Å². The van der Waals surface area contributed by atoms with E-state index < -0.39 is 28.5 Å². The number of carbonyl (C=O) groups excluding carboxylic acids is 2.